The van der Waals surface area contributed by atoms with E-state index in [1.807, 2.05) is 19.1 Å². The first-order valence-corrected chi connectivity index (χ1v) is 5.88. The summed E-state index contributed by atoms with van der Waals surface area (Å²) < 4.78 is 7.53. The second-order valence-corrected chi connectivity index (χ2v) is 4.29. The molecule has 0 aromatic carbocycles. The predicted octanol–water partition coefficient (Wildman–Crippen LogP) is 1.78. The van der Waals surface area contributed by atoms with Crippen LogP contribution in [0.5, 0.6) is 11.6 Å². The Morgan fingerprint density at radius 2 is 2.11 bits per heavy atom. The standard InChI is InChI=1S/C10H7BrN6O/c1-6-2-3-7(10(11)12-6)18-9-5-4-8-13-15-16-17(8)14-9/h2-5H,1H3. The molecule has 8 heteroatoms. The maximum absolute atomic E-state index is 5.60. The first-order chi connectivity index (χ1) is 8.72. The molecular weight excluding hydrogens is 300 g/mol. The van der Waals surface area contributed by atoms with Crippen molar-refractivity contribution in [3.8, 4) is 11.6 Å². The van der Waals surface area contributed by atoms with Gasteiger partial charge in [0.15, 0.2) is 11.4 Å². The van der Waals surface area contributed by atoms with Gasteiger partial charge in [-0.3, -0.25) is 0 Å². The summed E-state index contributed by atoms with van der Waals surface area (Å²) in [5.41, 5.74) is 1.46. The number of hydrogen-bond acceptors (Lipinski definition) is 6. The third-order valence-corrected chi connectivity index (χ3v) is 2.78. The molecule has 3 aromatic rings. The highest BCUT2D eigenvalue weighted by Crippen LogP contribution is 2.26. The maximum Gasteiger partial charge on any atom is 0.239 e. The fraction of sp³-hybridized carbons (Fsp3) is 0.100. The topological polar surface area (TPSA) is 78.1 Å². The third kappa shape index (κ3) is 2.02. The number of rotatable bonds is 2. The second-order valence-electron chi connectivity index (χ2n) is 3.54. The number of aryl methyl sites for hydroxylation is 1. The molecular formula is C10H7BrN6O. The molecule has 0 saturated carbocycles. The van der Waals surface area contributed by atoms with E-state index in [9.17, 15) is 0 Å². The van der Waals surface area contributed by atoms with Gasteiger partial charge >= 0.3 is 0 Å². The quantitative estimate of drug-likeness (QED) is 0.672. The Balaban J connectivity index is 1.95. The molecule has 0 spiro atoms. The largest absolute Gasteiger partial charge is 0.435 e. The molecule has 0 N–H and O–H groups in total. The van der Waals surface area contributed by atoms with Crippen LogP contribution < -0.4 is 4.74 Å². The van der Waals surface area contributed by atoms with Crippen molar-refractivity contribution in [1.29, 1.82) is 0 Å². The fourth-order valence-corrected chi connectivity index (χ4v) is 1.88. The van der Waals surface area contributed by atoms with Crippen molar-refractivity contribution in [3.05, 3.63) is 34.6 Å². The molecule has 0 aliphatic heterocycles. The lowest BCUT2D eigenvalue weighted by Crippen LogP contribution is -1.98. The smallest absolute Gasteiger partial charge is 0.239 e. The molecule has 0 atom stereocenters. The Kier molecular flexibility index (Phi) is 2.63. The first kappa shape index (κ1) is 11.0. The molecule has 0 saturated heterocycles. The lowest BCUT2D eigenvalue weighted by molar-refractivity contribution is 0.442. The van der Waals surface area contributed by atoms with Gasteiger partial charge in [0.25, 0.3) is 0 Å². The van der Waals surface area contributed by atoms with Gasteiger partial charge in [-0.05, 0) is 51.5 Å². The molecule has 0 amide bonds. The number of aromatic nitrogens is 6. The van der Waals surface area contributed by atoms with Crippen molar-refractivity contribution < 1.29 is 4.74 Å². The zero-order valence-electron chi connectivity index (χ0n) is 9.28. The molecule has 0 aliphatic carbocycles. The summed E-state index contributed by atoms with van der Waals surface area (Å²) in [6.07, 6.45) is 0. The molecule has 0 radical (unpaired) electrons. The number of ether oxygens (including phenoxy) is 1. The van der Waals surface area contributed by atoms with E-state index >= 15 is 0 Å². The molecule has 0 aliphatic rings. The van der Waals surface area contributed by atoms with E-state index < -0.39 is 0 Å². The summed E-state index contributed by atoms with van der Waals surface area (Å²) in [6.45, 7) is 1.90. The van der Waals surface area contributed by atoms with Crippen molar-refractivity contribution in [1.82, 2.24) is 30.2 Å². The van der Waals surface area contributed by atoms with Gasteiger partial charge in [-0.25, -0.2) is 4.98 Å². The molecule has 90 valence electrons. The number of fused-ring (bicyclic) bond motifs is 1. The van der Waals surface area contributed by atoms with Crippen molar-refractivity contribution >= 4 is 21.6 Å². The Bertz CT molecular complexity index is 712. The summed E-state index contributed by atoms with van der Waals surface area (Å²) in [5.74, 6) is 0.974. The molecule has 0 unspecified atom stereocenters. The third-order valence-electron chi connectivity index (χ3n) is 2.21. The van der Waals surface area contributed by atoms with Gasteiger partial charge in [-0.1, -0.05) is 0 Å². The average Bonchev–Trinajstić information content (AvgIpc) is 2.80. The van der Waals surface area contributed by atoms with Gasteiger partial charge in [-0.15, -0.1) is 14.8 Å². The van der Waals surface area contributed by atoms with E-state index in [2.05, 4.69) is 41.5 Å². The number of pyridine rings is 1. The van der Waals surface area contributed by atoms with Crippen LogP contribution in [0.3, 0.4) is 0 Å². The molecule has 3 heterocycles. The zero-order valence-corrected chi connectivity index (χ0v) is 10.9. The molecule has 0 bridgehead atoms. The summed E-state index contributed by atoms with van der Waals surface area (Å²) in [4.78, 5) is 4.24. The van der Waals surface area contributed by atoms with Crippen LogP contribution >= 0.6 is 15.9 Å². The van der Waals surface area contributed by atoms with Crippen molar-refractivity contribution in [2.75, 3.05) is 0 Å². The van der Waals surface area contributed by atoms with Crippen LogP contribution in [-0.4, -0.2) is 30.2 Å². The number of hydrogen-bond donors (Lipinski definition) is 0. The Hall–Kier alpha value is -2.09. The zero-order chi connectivity index (χ0) is 12.5. The van der Waals surface area contributed by atoms with E-state index in [4.69, 9.17) is 4.74 Å². The molecule has 3 rings (SSSR count). The molecule has 3 aromatic heterocycles. The minimum atomic E-state index is 0.390. The second kappa shape index (κ2) is 4.30. The summed E-state index contributed by atoms with van der Waals surface area (Å²) >= 11 is 3.34. The Morgan fingerprint density at radius 3 is 2.94 bits per heavy atom. The van der Waals surface area contributed by atoms with Gasteiger partial charge < -0.3 is 4.74 Å². The summed E-state index contributed by atoms with van der Waals surface area (Å²) in [7, 11) is 0. The minimum absolute atomic E-state index is 0.390. The van der Waals surface area contributed by atoms with Crippen LogP contribution in [0.1, 0.15) is 5.69 Å². The van der Waals surface area contributed by atoms with E-state index in [1.165, 1.54) is 4.63 Å². The van der Waals surface area contributed by atoms with Crippen LogP contribution in [0, 0.1) is 6.92 Å². The van der Waals surface area contributed by atoms with Crippen molar-refractivity contribution in [2.24, 2.45) is 0 Å². The van der Waals surface area contributed by atoms with Gasteiger partial charge in [0, 0.05) is 11.8 Å². The van der Waals surface area contributed by atoms with Crippen LogP contribution in [-0.2, 0) is 0 Å². The van der Waals surface area contributed by atoms with Gasteiger partial charge in [-0.2, -0.15) is 0 Å². The number of halogens is 1. The summed E-state index contributed by atoms with van der Waals surface area (Å²) in [6, 6.07) is 7.09. The predicted molar refractivity (Wildman–Crippen MR) is 65.3 cm³/mol. The molecule has 18 heavy (non-hydrogen) atoms. The van der Waals surface area contributed by atoms with Crippen LogP contribution in [0.25, 0.3) is 5.65 Å². The summed E-state index contributed by atoms with van der Waals surface area (Å²) in [5, 5.41) is 15.1. The highest BCUT2D eigenvalue weighted by molar-refractivity contribution is 9.10. The van der Waals surface area contributed by atoms with Gasteiger partial charge in [0.1, 0.15) is 4.60 Å². The SMILES string of the molecule is Cc1ccc(Oc2ccc3nnnn3n2)c(Br)n1. The normalized spacial score (nSPS) is 10.8. The Labute approximate surface area is 110 Å². The fourth-order valence-electron chi connectivity index (χ4n) is 1.39. The van der Waals surface area contributed by atoms with E-state index in [1.54, 1.807) is 12.1 Å². The van der Waals surface area contributed by atoms with E-state index in [0.717, 1.165) is 5.69 Å². The monoisotopic (exact) mass is 306 g/mol. The van der Waals surface area contributed by atoms with Gasteiger partial charge in [0.05, 0.1) is 0 Å². The highest BCUT2D eigenvalue weighted by Gasteiger charge is 2.07. The number of nitrogens with zero attached hydrogens (tertiary/aromatic N) is 6. The van der Waals surface area contributed by atoms with Crippen LogP contribution in [0.4, 0.5) is 0 Å². The van der Waals surface area contributed by atoms with E-state index in [0.29, 0.717) is 21.9 Å². The highest BCUT2D eigenvalue weighted by atomic mass is 79.9. The average molecular weight is 307 g/mol. The van der Waals surface area contributed by atoms with Crippen molar-refractivity contribution in [2.45, 2.75) is 6.92 Å². The minimum Gasteiger partial charge on any atom is -0.435 e. The maximum atomic E-state index is 5.60. The lowest BCUT2D eigenvalue weighted by atomic mass is 10.4. The first-order valence-electron chi connectivity index (χ1n) is 5.09. The van der Waals surface area contributed by atoms with Crippen molar-refractivity contribution in [3.63, 3.8) is 0 Å². The molecule has 0 fully saturated rings. The van der Waals surface area contributed by atoms with E-state index in [-0.39, 0.29) is 0 Å². The lowest BCUT2D eigenvalue weighted by Gasteiger charge is -2.06. The Morgan fingerprint density at radius 1 is 1.22 bits per heavy atom. The van der Waals surface area contributed by atoms with Gasteiger partial charge in [0.2, 0.25) is 5.88 Å². The number of tetrazole rings is 1. The van der Waals surface area contributed by atoms with Crippen LogP contribution in [0.2, 0.25) is 0 Å². The molecule has 7 nitrogen and oxygen atoms in total. The van der Waals surface area contributed by atoms with Crippen LogP contribution in [0.15, 0.2) is 28.9 Å².